The molecule has 5 nitrogen and oxygen atoms in total. The van der Waals surface area contributed by atoms with Gasteiger partial charge in [-0.2, -0.15) is 0 Å². The molecule has 27 heavy (non-hydrogen) atoms. The maximum absolute atomic E-state index is 12.7. The highest BCUT2D eigenvalue weighted by atomic mass is 35.5. The van der Waals surface area contributed by atoms with Crippen LogP contribution in [-0.4, -0.2) is 25.8 Å². The second kappa shape index (κ2) is 8.43. The lowest BCUT2D eigenvalue weighted by atomic mass is 10.2. The summed E-state index contributed by atoms with van der Waals surface area (Å²) in [7, 11) is -3.60. The molecule has 0 aliphatic carbocycles. The molecule has 1 N–H and O–H groups in total. The molecule has 0 fully saturated rings. The number of anilines is 1. The van der Waals surface area contributed by atoms with E-state index in [-0.39, 0.29) is 10.1 Å². The number of nitrogens with zero attached hydrogens (tertiary/aromatic N) is 1. The zero-order valence-electron chi connectivity index (χ0n) is 14.4. The van der Waals surface area contributed by atoms with Crippen LogP contribution in [0.25, 0.3) is 0 Å². The van der Waals surface area contributed by atoms with Gasteiger partial charge >= 0.3 is 0 Å². The quantitative estimate of drug-likeness (QED) is 0.566. The fourth-order valence-corrected chi connectivity index (χ4v) is 5.59. The fraction of sp³-hybridized carbons (Fsp3) is 0.167. The maximum atomic E-state index is 12.7. The van der Waals surface area contributed by atoms with Gasteiger partial charge in [0, 0.05) is 22.7 Å². The van der Waals surface area contributed by atoms with Gasteiger partial charge in [-0.3, -0.25) is 9.52 Å². The summed E-state index contributed by atoms with van der Waals surface area (Å²) in [6.45, 7) is 2.96. The van der Waals surface area contributed by atoms with Gasteiger partial charge in [0.1, 0.15) is 4.21 Å². The van der Waals surface area contributed by atoms with Crippen molar-refractivity contribution >= 4 is 55.9 Å². The highest BCUT2D eigenvalue weighted by Gasteiger charge is 2.17. The number of sulfonamides is 1. The number of carbonyl (C=O) groups is 1. The molecule has 0 radical (unpaired) electrons. The zero-order valence-corrected chi connectivity index (χ0v) is 17.6. The summed E-state index contributed by atoms with van der Waals surface area (Å²) in [6.07, 6.45) is 0. The van der Waals surface area contributed by atoms with Crippen molar-refractivity contribution in [1.82, 2.24) is 4.90 Å². The van der Waals surface area contributed by atoms with Crippen LogP contribution in [0.4, 0.5) is 5.69 Å². The average molecular weight is 441 g/mol. The molecule has 3 aromatic rings. The van der Waals surface area contributed by atoms with Gasteiger partial charge in [-0.05, 0) is 54.8 Å². The Morgan fingerprint density at radius 1 is 1.15 bits per heavy atom. The second-order valence-electron chi connectivity index (χ2n) is 5.64. The number of rotatable bonds is 7. The van der Waals surface area contributed by atoms with Crippen LogP contribution in [0.15, 0.2) is 58.1 Å². The molecule has 0 bridgehead atoms. The zero-order chi connectivity index (χ0) is 19.4. The van der Waals surface area contributed by atoms with Crippen LogP contribution in [0, 0.1) is 0 Å². The standard InChI is InChI=1S/C18H17ClN2O3S3/c1-2-21(12-15-9-10-16(19)26-15)18(22)13-5-7-14(8-6-13)20-27(23,24)17-4-3-11-25-17/h3-11,20H,2,12H2,1H3. The molecule has 2 heterocycles. The van der Waals surface area contributed by atoms with Crippen molar-refractivity contribution < 1.29 is 13.2 Å². The van der Waals surface area contributed by atoms with Crippen LogP contribution in [0.3, 0.4) is 0 Å². The molecule has 0 atom stereocenters. The second-order valence-corrected chi connectivity index (χ2v) is 10.3. The molecule has 0 aliphatic heterocycles. The summed E-state index contributed by atoms with van der Waals surface area (Å²) in [6, 6.07) is 13.4. The third kappa shape index (κ3) is 4.90. The molecule has 0 saturated carbocycles. The predicted octanol–water partition coefficient (Wildman–Crippen LogP) is 4.93. The highest BCUT2D eigenvalue weighted by Crippen LogP contribution is 2.24. The number of carbonyl (C=O) groups excluding carboxylic acids is 1. The predicted molar refractivity (Wildman–Crippen MR) is 111 cm³/mol. The highest BCUT2D eigenvalue weighted by molar-refractivity contribution is 7.94. The Morgan fingerprint density at radius 3 is 2.44 bits per heavy atom. The van der Waals surface area contributed by atoms with E-state index in [1.165, 1.54) is 11.3 Å². The fourth-order valence-electron chi connectivity index (χ4n) is 2.44. The van der Waals surface area contributed by atoms with E-state index < -0.39 is 10.0 Å². The van der Waals surface area contributed by atoms with Gasteiger partial charge in [-0.25, -0.2) is 8.42 Å². The third-order valence-electron chi connectivity index (χ3n) is 3.79. The summed E-state index contributed by atoms with van der Waals surface area (Å²) in [5.74, 6) is -0.116. The number of hydrogen-bond acceptors (Lipinski definition) is 5. The summed E-state index contributed by atoms with van der Waals surface area (Å²) >= 11 is 8.54. The normalized spacial score (nSPS) is 11.3. The van der Waals surface area contributed by atoms with Crippen molar-refractivity contribution in [2.45, 2.75) is 17.7 Å². The van der Waals surface area contributed by atoms with Crippen molar-refractivity contribution in [2.75, 3.05) is 11.3 Å². The number of hydrogen-bond donors (Lipinski definition) is 1. The van der Waals surface area contributed by atoms with E-state index in [0.717, 1.165) is 16.2 Å². The molecular formula is C18H17ClN2O3S3. The molecular weight excluding hydrogens is 424 g/mol. The lowest BCUT2D eigenvalue weighted by Crippen LogP contribution is -2.29. The molecule has 1 amide bonds. The molecule has 9 heteroatoms. The first kappa shape index (κ1) is 19.9. The smallest absolute Gasteiger partial charge is 0.271 e. The number of thiophene rings is 2. The topological polar surface area (TPSA) is 66.5 Å². The van der Waals surface area contributed by atoms with E-state index >= 15 is 0 Å². The number of amides is 1. The van der Waals surface area contributed by atoms with Gasteiger partial charge in [0.05, 0.1) is 10.9 Å². The van der Waals surface area contributed by atoms with Gasteiger partial charge in [0.2, 0.25) is 0 Å². The van der Waals surface area contributed by atoms with Crippen molar-refractivity contribution in [3.63, 3.8) is 0 Å². The average Bonchev–Trinajstić information content (AvgIpc) is 3.32. The van der Waals surface area contributed by atoms with Crippen LogP contribution in [0.5, 0.6) is 0 Å². The Bertz CT molecular complexity index is 1010. The molecule has 0 saturated heterocycles. The first-order chi connectivity index (χ1) is 12.9. The summed E-state index contributed by atoms with van der Waals surface area (Å²) < 4.78 is 28.0. The monoisotopic (exact) mass is 440 g/mol. The van der Waals surface area contributed by atoms with E-state index in [0.29, 0.717) is 28.7 Å². The number of benzene rings is 1. The first-order valence-electron chi connectivity index (χ1n) is 8.09. The minimum absolute atomic E-state index is 0.116. The van der Waals surface area contributed by atoms with Gasteiger partial charge in [0.25, 0.3) is 15.9 Å². The van der Waals surface area contributed by atoms with Gasteiger partial charge in [-0.1, -0.05) is 17.7 Å². The molecule has 0 unspecified atom stereocenters. The molecule has 2 aromatic heterocycles. The van der Waals surface area contributed by atoms with Gasteiger partial charge in [0.15, 0.2) is 0 Å². The van der Waals surface area contributed by atoms with Crippen LogP contribution < -0.4 is 4.72 Å². The lowest BCUT2D eigenvalue weighted by molar-refractivity contribution is 0.0754. The molecule has 3 rings (SSSR count). The Balaban J connectivity index is 1.71. The van der Waals surface area contributed by atoms with Crippen molar-refractivity contribution in [1.29, 1.82) is 0 Å². The Kier molecular flexibility index (Phi) is 6.21. The summed E-state index contributed by atoms with van der Waals surface area (Å²) in [5, 5.41) is 1.70. The van der Waals surface area contributed by atoms with Crippen LogP contribution in [-0.2, 0) is 16.6 Å². The minimum Gasteiger partial charge on any atom is -0.334 e. The van der Waals surface area contributed by atoms with Gasteiger partial charge < -0.3 is 4.90 Å². The number of nitrogens with one attached hydrogen (secondary N) is 1. The van der Waals surface area contributed by atoms with Crippen molar-refractivity contribution in [3.8, 4) is 0 Å². The van der Waals surface area contributed by atoms with E-state index in [1.807, 2.05) is 19.1 Å². The van der Waals surface area contributed by atoms with Crippen molar-refractivity contribution in [3.05, 3.63) is 68.7 Å². The summed E-state index contributed by atoms with van der Waals surface area (Å²) in [5.41, 5.74) is 0.909. The van der Waals surface area contributed by atoms with E-state index in [9.17, 15) is 13.2 Å². The maximum Gasteiger partial charge on any atom is 0.271 e. The third-order valence-corrected chi connectivity index (χ3v) is 7.78. The number of halogens is 1. The van der Waals surface area contributed by atoms with E-state index in [1.54, 1.807) is 46.7 Å². The largest absolute Gasteiger partial charge is 0.334 e. The van der Waals surface area contributed by atoms with Crippen LogP contribution in [0.2, 0.25) is 4.34 Å². The Morgan fingerprint density at radius 2 is 1.89 bits per heavy atom. The Labute approximate surface area is 171 Å². The molecule has 142 valence electrons. The Hall–Kier alpha value is -1.87. The molecule has 0 spiro atoms. The van der Waals surface area contributed by atoms with Crippen LogP contribution >= 0.6 is 34.3 Å². The molecule has 1 aromatic carbocycles. The van der Waals surface area contributed by atoms with Crippen molar-refractivity contribution in [2.24, 2.45) is 0 Å². The minimum atomic E-state index is -3.60. The lowest BCUT2D eigenvalue weighted by Gasteiger charge is -2.20. The van der Waals surface area contributed by atoms with Crippen LogP contribution in [0.1, 0.15) is 22.2 Å². The van der Waals surface area contributed by atoms with E-state index in [4.69, 9.17) is 11.6 Å². The molecule has 0 aliphatic rings. The first-order valence-corrected chi connectivity index (χ1v) is 11.6. The van der Waals surface area contributed by atoms with Gasteiger partial charge in [-0.15, -0.1) is 22.7 Å². The summed E-state index contributed by atoms with van der Waals surface area (Å²) in [4.78, 5) is 15.5. The SMILES string of the molecule is CCN(Cc1ccc(Cl)s1)C(=O)c1ccc(NS(=O)(=O)c2cccs2)cc1. The van der Waals surface area contributed by atoms with E-state index in [2.05, 4.69) is 4.72 Å².